The smallest absolute Gasteiger partial charge is 0.243 e. The zero-order valence-electron chi connectivity index (χ0n) is 14.3. The number of piperidine rings is 1. The van der Waals surface area contributed by atoms with Crippen molar-refractivity contribution in [3.8, 4) is 0 Å². The molecule has 0 radical (unpaired) electrons. The summed E-state index contributed by atoms with van der Waals surface area (Å²) in [6, 6.07) is 5.50. The van der Waals surface area contributed by atoms with Crippen LogP contribution in [0.5, 0.6) is 0 Å². The van der Waals surface area contributed by atoms with Crippen molar-refractivity contribution in [2.75, 3.05) is 13.1 Å². The van der Waals surface area contributed by atoms with E-state index in [2.05, 4.69) is 5.32 Å². The van der Waals surface area contributed by atoms with Gasteiger partial charge in [0.05, 0.1) is 4.90 Å². The fourth-order valence-corrected chi connectivity index (χ4v) is 4.66. The highest BCUT2D eigenvalue weighted by atomic mass is 32.2. The molecule has 1 aromatic carbocycles. The van der Waals surface area contributed by atoms with E-state index < -0.39 is 10.0 Å². The molecule has 0 aliphatic carbocycles. The number of nitrogens with zero attached hydrogens (tertiary/aromatic N) is 1. The number of hydrogen-bond donors (Lipinski definition) is 1. The third-order valence-electron chi connectivity index (χ3n) is 4.20. The van der Waals surface area contributed by atoms with E-state index in [4.69, 9.17) is 0 Å². The summed E-state index contributed by atoms with van der Waals surface area (Å²) in [5.41, 5.74) is 1.81. The molecule has 2 rings (SSSR count). The summed E-state index contributed by atoms with van der Waals surface area (Å²) >= 11 is 0. The second kappa shape index (κ2) is 7.01. The first-order chi connectivity index (χ1) is 10.7. The largest absolute Gasteiger partial charge is 0.354 e. The quantitative estimate of drug-likeness (QED) is 0.915. The molecule has 1 heterocycles. The second-order valence-corrected chi connectivity index (χ2v) is 8.52. The summed E-state index contributed by atoms with van der Waals surface area (Å²) in [5.74, 6) is -0.0634. The predicted molar refractivity (Wildman–Crippen MR) is 90.7 cm³/mol. The summed E-state index contributed by atoms with van der Waals surface area (Å²) in [6.07, 6.45) is 1.14. The third kappa shape index (κ3) is 4.12. The highest BCUT2D eigenvalue weighted by molar-refractivity contribution is 7.89. The van der Waals surface area contributed by atoms with Crippen molar-refractivity contribution >= 4 is 15.9 Å². The third-order valence-corrected chi connectivity index (χ3v) is 6.26. The molecular formula is C17H26N2O3S. The van der Waals surface area contributed by atoms with Gasteiger partial charge in [-0.05, 0) is 52.2 Å². The Morgan fingerprint density at radius 3 is 2.35 bits per heavy atom. The van der Waals surface area contributed by atoms with Crippen LogP contribution < -0.4 is 5.32 Å². The molecular weight excluding hydrogens is 312 g/mol. The van der Waals surface area contributed by atoms with Crippen LogP contribution in [0.15, 0.2) is 23.1 Å². The number of sulfonamides is 1. The van der Waals surface area contributed by atoms with E-state index in [1.807, 2.05) is 39.8 Å². The first-order valence-corrected chi connectivity index (χ1v) is 9.53. The number of amides is 1. The van der Waals surface area contributed by atoms with Gasteiger partial charge in [-0.15, -0.1) is 0 Å². The van der Waals surface area contributed by atoms with Crippen LogP contribution in [0, 0.1) is 19.8 Å². The van der Waals surface area contributed by atoms with Gasteiger partial charge in [0, 0.05) is 25.0 Å². The van der Waals surface area contributed by atoms with Gasteiger partial charge in [0.2, 0.25) is 15.9 Å². The van der Waals surface area contributed by atoms with Crippen LogP contribution in [0.4, 0.5) is 0 Å². The van der Waals surface area contributed by atoms with E-state index >= 15 is 0 Å². The first-order valence-electron chi connectivity index (χ1n) is 8.09. The topological polar surface area (TPSA) is 66.5 Å². The van der Waals surface area contributed by atoms with Crippen molar-refractivity contribution in [3.05, 3.63) is 29.3 Å². The predicted octanol–water partition coefficient (Wildman–Crippen LogP) is 2.23. The SMILES string of the molecule is Cc1ccc(S(=O)(=O)N2CCC(C(=O)NC(C)C)CC2)c(C)c1. The molecule has 1 aliphatic rings. The van der Waals surface area contributed by atoms with Crippen molar-refractivity contribution in [1.29, 1.82) is 0 Å². The fraction of sp³-hybridized carbons (Fsp3) is 0.588. The Morgan fingerprint density at radius 1 is 1.22 bits per heavy atom. The Bertz CT molecular complexity index is 675. The molecule has 23 heavy (non-hydrogen) atoms. The molecule has 0 bridgehead atoms. The lowest BCUT2D eigenvalue weighted by Gasteiger charge is -2.31. The second-order valence-electron chi connectivity index (χ2n) is 6.61. The molecule has 6 heteroatoms. The highest BCUT2D eigenvalue weighted by Gasteiger charge is 2.32. The minimum absolute atomic E-state index is 0.0311. The maximum Gasteiger partial charge on any atom is 0.243 e. The van der Waals surface area contributed by atoms with Gasteiger partial charge in [-0.25, -0.2) is 8.42 Å². The molecule has 1 aromatic rings. The Morgan fingerprint density at radius 2 is 1.83 bits per heavy atom. The van der Waals surface area contributed by atoms with Gasteiger partial charge in [-0.3, -0.25) is 4.79 Å². The van der Waals surface area contributed by atoms with Crippen LogP contribution in [-0.2, 0) is 14.8 Å². The van der Waals surface area contributed by atoms with Crippen molar-refractivity contribution in [2.24, 2.45) is 5.92 Å². The van der Waals surface area contributed by atoms with Crippen LogP contribution in [0.25, 0.3) is 0 Å². The minimum Gasteiger partial charge on any atom is -0.354 e. The van der Waals surface area contributed by atoms with Gasteiger partial charge in [0.15, 0.2) is 0 Å². The lowest BCUT2D eigenvalue weighted by Crippen LogP contribution is -2.44. The van der Waals surface area contributed by atoms with Crippen LogP contribution in [0.3, 0.4) is 0 Å². The number of carbonyl (C=O) groups is 1. The van der Waals surface area contributed by atoms with Crippen molar-refractivity contribution in [3.63, 3.8) is 0 Å². The summed E-state index contributed by atoms with van der Waals surface area (Å²) in [4.78, 5) is 12.4. The van der Waals surface area contributed by atoms with Crippen molar-refractivity contribution < 1.29 is 13.2 Å². The van der Waals surface area contributed by atoms with Gasteiger partial charge >= 0.3 is 0 Å². The summed E-state index contributed by atoms with van der Waals surface area (Å²) < 4.78 is 27.1. The number of benzene rings is 1. The Hall–Kier alpha value is -1.40. The molecule has 0 aromatic heterocycles. The van der Waals surface area contributed by atoms with Crippen LogP contribution >= 0.6 is 0 Å². The molecule has 1 aliphatic heterocycles. The molecule has 1 fully saturated rings. The fourth-order valence-electron chi connectivity index (χ4n) is 2.99. The summed E-state index contributed by atoms with van der Waals surface area (Å²) in [5, 5.41) is 2.91. The van der Waals surface area contributed by atoms with Gasteiger partial charge in [-0.1, -0.05) is 17.7 Å². The lowest BCUT2D eigenvalue weighted by molar-refractivity contribution is -0.126. The first kappa shape index (κ1) is 17.9. The molecule has 5 nitrogen and oxygen atoms in total. The van der Waals surface area contributed by atoms with Crippen LogP contribution in [0.1, 0.15) is 37.8 Å². The number of hydrogen-bond acceptors (Lipinski definition) is 3. The van der Waals surface area contributed by atoms with E-state index in [1.165, 1.54) is 4.31 Å². The monoisotopic (exact) mass is 338 g/mol. The Balaban J connectivity index is 2.08. The molecule has 0 saturated carbocycles. The molecule has 128 valence electrons. The molecule has 0 spiro atoms. The zero-order chi connectivity index (χ0) is 17.2. The van der Waals surface area contributed by atoms with E-state index in [0.717, 1.165) is 11.1 Å². The molecule has 0 atom stereocenters. The van der Waals surface area contributed by atoms with E-state index in [-0.39, 0.29) is 17.9 Å². The maximum atomic E-state index is 12.8. The Labute approximate surface area is 139 Å². The maximum absolute atomic E-state index is 12.8. The van der Waals surface area contributed by atoms with Gasteiger partial charge in [0.25, 0.3) is 0 Å². The summed E-state index contributed by atoms with van der Waals surface area (Å²) in [7, 11) is -3.48. The average molecular weight is 338 g/mol. The number of carbonyl (C=O) groups excluding carboxylic acids is 1. The van der Waals surface area contributed by atoms with Crippen LogP contribution in [0.2, 0.25) is 0 Å². The van der Waals surface area contributed by atoms with Gasteiger partial charge < -0.3 is 5.32 Å². The molecule has 1 amide bonds. The van der Waals surface area contributed by atoms with Crippen LogP contribution in [-0.4, -0.2) is 37.8 Å². The Kier molecular flexibility index (Phi) is 5.47. The van der Waals surface area contributed by atoms with E-state index in [9.17, 15) is 13.2 Å². The highest BCUT2D eigenvalue weighted by Crippen LogP contribution is 2.26. The normalized spacial score (nSPS) is 17.4. The molecule has 1 saturated heterocycles. The summed E-state index contributed by atoms with van der Waals surface area (Å²) in [6.45, 7) is 8.41. The molecule has 1 N–H and O–H groups in total. The standard InChI is InChI=1S/C17H26N2O3S/c1-12(2)18-17(20)15-7-9-19(10-8-15)23(21,22)16-6-5-13(3)11-14(16)4/h5-6,11-12,15H,7-10H2,1-4H3,(H,18,20). The van der Waals surface area contributed by atoms with E-state index in [1.54, 1.807) is 6.07 Å². The van der Waals surface area contributed by atoms with Crippen molar-refractivity contribution in [2.45, 2.75) is 51.5 Å². The number of nitrogens with one attached hydrogen (secondary N) is 1. The van der Waals surface area contributed by atoms with Crippen molar-refractivity contribution in [1.82, 2.24) is 9.62 Å². The minimum atomic E-state index is -3.48. The zero-order valence-corrected chi connectivity index (χ0v) is 15.1. The average Bonchev–Trinajstić information content (AvgIpc) is 2.46. The van der Waals surface area contributed by atoms with Gasteiger partial charge in [-0.2, -0.15) is 4.31 Å². The van der Waals surface area contributed by atoms with Gasteiger partial charge in [0.1, 0.15) is 0 Å². The van der Waals surface area contributed by atoms with E-state index in [0.29, 0.717) is 30.8 Å². The lowest BCUT2D eigenvalue weighted by atomic mass is 9.97. The number of rotatable bonds is 4. The number of aryl methyl sites for hydroxylation is 2. The molecule has 0 unspecified atom stereocenters.